The molecule has 1 fully saturated rings. The highest BCUT2D eigenvalue weighted by Gasteiger charge is 2.20. The fourth-order valence-electron chi connectivity index (χ4n) is 3.29. The minimum atomic E-state index is 0.0163. The van der Waals surface area contributed by atoms with Gasteiger partial charge < -0.3 is 20.3 Å². The van der Waals surface area contributed by atoms with Crippen LogP contribution in [-0.4, -0.2) is 50.3 Å². The summed E-state index contributed by atoms with van der Waals surface area (Å²) in [5.41, 5.74) is 1.14. The zero-order chi connectivity index (χ0) is 16.9. The van der Waals surface area contributed by atoms with E-state index in [-0.39, 0.29) is 6.03 Å². The van der Waals surface area contributed by atoms with Gasteiger partial charge in [-0.3, -0.25) is 0 Å². The lowest BCUT2D eigenvalue weighted by molar-refractivity contribution is 0.179. The number of nitrogens with zero attached hydrogens (tertiary/aromatic N) is 1. The fourth-order valence-corrected chi connectivity index (χ4v) is 3.29. The van der Waals surface area contributed by atoms with Crippen molar-refractivity contribution in [2.45, 2.75) is 19.4 Å². The van der Waals surface area contributed by atoms with Gasteiger partial charge in [-0.2, -0.15) is 0 Å². The van der Waals surface area contributed by atoms with Gasteiger partial charge in [0.25, 0.3) is 0 Å². The maximum Gasteiger partial charge on any atom is 0.317 e. The van der Waals surface area contributed by atoms with Crippen LogP contribution >= 0.6 is 0 Å². The Labute approximate surface area is 143 Å². The van der Waals surface area contributed by atoms with Gasteiger partial charge in [-0.25, -0.2) is 4.79 Å². The van der Waals surface area contributed by atoms with Gasteiger partial charge in [-0.15, -0.1) is 0 Å². The van der Waals surface area contributed by atoms with Gasteiger partial charge in [-0.1, -0.05) is 30.3 Å². The Morgan fingerprint density at radius 3 is 2.96 bits per heavy atom. The molecule has 0 bridgehead atoms. The summed E-state index contributed by atoms with van der Waals surface area (Å²) in [5, 5.41) is 8.76. The first kappa shape index (κ1) is 16.6. The molecule has 128 valence electrons. The molecular weight excluding hydrogens is 302 g/mol. The van der Waals surface area contributed by atoms with Crippen molar-refractivity contribution in [2.24, 2.45) is 0 Å². The lowest BCUT2D eigenvalue weighted by Gasteiger charge is -2.31. The molecule has 24 heavy (non-hydrogen) atoms. The smallest absolute Gasteiger partial charge is 0.317 e. The minimum Gasteiger partial charge on any atom is -0.496 e. The van der Waals surface area contributed by atoms with E-state index in [4.69, 9.17) is 4.74 Å². The standard InChI is InChI=1S/C19H25N3O2/c1-14-13-22(12-11-20-14)19(23)21-10-9-17-16-6-4-3-5-15(16)7-8-18(17)24-2/h3-8,14,20H,9-13H2,1-2H3,(H,21,23)/t14-/m1/s1. The average Bonchev–Trinajstić information content (AvgIpc) is 2.61. The van der Waals surface area contributed by atoms with Crippen LogP contribution in [0, 0.1) is 0 Å². The van der Waals surface area contributed by atoms with Crippen LogP contribution in [0.4, 0.5) is 4.79 Å². The number of ether oxygens (including phenoxy) is 1. The maximum atomic E-state index is 12.3. The third kappa shape index (κ3) is 3.62. The lowest BCUT2D eigenvalue weighted by Crippen LogP contribution is -2.54. The Balaban J connectivity index is 1.66. The van der Waals surface area contributed by atoms with Gasteiger partial charge in [-0.05, 0) is 30.2 Å². The summed E-state index contributed by atoms with van der Waals surface area (Å²) < 4.78 is 5.51. The second-order valence-corrected chi connectivity index (χ2v) is 6.25. The van der Waals surface area contributed by atoms with E-state index in [1.165, 1.54) is 10.8 Å². The highest BCUT2D eigenvalue weighted by atomic mass is 16.5. The van der Waals surface area contributed by atoms with E-state index in [9.17, 15) is 4.79 Å². The second kappa shape index (κ2) is 7.53. The molecule has 1 heterocycles. The van der Waals surface area contributed by atoms with Gasteiger partial charge >= 0.3 is 6.03 Å². The van der Waals surface area contributed by atoms with Crippen LogP contribution < -0.4 is 15.4 Å². The first-order valence-corrected chi connectivity index (χ1v) is 8.50. The summed E-state index contributed by atoms with van der Waals surface area (Å²) in [6.07, 6.45) is 0.748. The average molecular weight is 327 g/mol. The number of methoxy groups -OCH3 is 1. The largest absolute Gasteiger partial charge is 0.496 e. The van der Waals surface area contributed by atoms with E-state index in [2.05, 4.69) is 35.8 Å². The highest BCUT2D eigenvalue weighted by Crippen LogP contribution is 2.28. The van der Waals surface area contributed by atoms with Gasteiger partial charge in [0.05, 0.1) is 7.11 Å². The lowest BCUT2D eigenvalue weighted by atomic mass is 10.0. The number of carbonyl (C=O) groups is 1. The Kier molecular flexibility index (Phi) is 5.20. The van der Waals surface area contributed by atoms with Gasteiger partial charge in [0.2, 0.25) is 0 Å². The molecule has 2 aromatic rings. The molecule has 2 amide bonds. The number of rotatable bonds is 4. The maximum absolute atomic E-state index is 12.3. The molecule has 0 unspecified atom stereocenters. The Morgan fingerprint density at radius 1 is 1.33 bits per heavy atom. The summed E-state index contributed by atoms with van der Waals surface area (Å²) in [6.45, 7) is 5.06. The molecule has 5 nitrogen and oxygen atoms in total. The summed E-state index contributed by atoms with van der Waals surface area (Å²) in [7, 11) is 1.69. The van der Waals surface area contributed by atoms with Crippen LogP contribution in [0.1, 0.15) is 12.5 Å². The molecule has 1 aliphatic rings. The van der Waals surface area contributed by atoms with Gasteiger partial charge in [0, 0.05) is 37.8 Å². The van der Waals surface area contributed by atoms with Crippen molar-refractivity contribution in [2.75, 3.05) is 33.3 Å². The zero-order valence-electron chi connectivity index (χ0n) is 14.3. The van der Waals surface area contributed by atoms with Crippen LogP contribution in [0.5, 0.6) is 5.75 Å². The molecule has 3 rings (SSSR count). The van der Waals surface area contributed by atoms with Crippen LogP contribution in [-0.2, 0) is 6.42 Å². The molecule has 0 radical (unpaired) electrons. The monoisotopic (exact) mass is 327 g/mol. The number of piperazine rings is 1. The van der Waals surface area contributed by atoms with E-state index < -0.39 is 0 Å². The SMILES string of the molecule is COc1ccc2ccccc2c1CCNC(=O)N1CCN[C@H](C)C1. The number of amides is 2. The first-order valence-electron chi connectivity index (χ1n) is 8.50. The highest BCUT2D eigenvalue weighted by molar-refractivity contribution is 5.87. The normalized spacial score (nSPS) is 17.8. The summed E-state index contributed by atoms with van der Waals surface area (Å²) >= 11 is 0. The predicted molar refractivity (Wildman–Crippen MR) is 96.6 cm³/mol. The molecule has 0 aromatic heterocycles. The van der Waals surface area contributed by atoms with Gasteiger partial charge in [0.15, 0.2) is 0 Å². The van der Waals surface area contributed by atoms with Crippen molar-refractivity contribution in [3.63, 3.8) is 0 Å². The quantitative estimate of drug-likeness (QED) is 0.907. The van der Waals surface area contributed by atoms with Crippen LogP contribution in [0.25, 0.3) is 10.8 Å². The molecular formula is C19H25N3O2. The number of benzene rings is 2. The zero-order valence-corrected chi connectivity index (χ0v) is 14.3. The van der Waals surface area contributed by atoms with Crippen LogP contribution in [0.3, 0.4) is 0 Å². The number of hydrogen-bond acceptors (Lipinski definition) is 3. The third-order valence-corrected chi connectivity index (χ3v) is 4.52. The van der Waals surface area contributed by atoms with E-state index in [0.29, 0.717) is 12.6 Å². The number of carbonyl (C=O) groups excluding carboxylic acids is 1. The van der Waals surface area contributed by atoms with E-state index in [1.807, 2.05) is 23.1 Å². The first-order chi connectivity index (χ1) is 11.7. The van der Waals surface area contributed by atoms with Crippen molar-refractivity contribution in [1.82, 2.24) is 15.5 Å². The molecule has 5 heteroatoms. The van der Waals surface area contributed by atoms with E-state index in [0.717, 1.165) is 37.4 Å². The van der Waals surface area contributed by atoms with Crippen molar-refractivity contribution in [3.8, 4) is 5.75 Å². The van der Waals surface area contributed by atoms with Crippen molar-refractivity contribution in [1.29, 1.82) is 0 Å². The second-order valence-electron chi connectivity index (χ2n) is 6.25. The minimum absolute atomic E-state index is 0.0163. The van der Waals surface area contributed by atoms with Crippen LogP contribution in [0.2, 0.25) is 0 Å². The topological polar surface area (TPSA) is 53.6 Å². The summed E-state index contributed by atoms with van der Waals surface area (Å²) in [4.78, 5) is 14.2. The molecule has 0 aliphatic carbocycles. The van der Waals surface area contributed by atoms with E-state index >= 15 is 0 Å². The summed E-state index contributed by atoms with van der Waals surface area (Å²) in [6, 6.07) is 12.7. The van der Waals surface area contributed by atoms with Crippen molar-refractivity contribution in [3.05, 3.63) is 42.0 Å². The fraction of sp³-hybridized carbons (Fsp3) is 0.421. The third-order valence-electron chi connectivity index (χ3n) is 4.52. The van der Waals surface area contributed by atoms with Crippen LogP contribution in [0.15, 0.2) is 36.4 Å². The number of fused-ring (bicyclic) bond motifs is 1. The Hall–Kier alpha value is -2.27. The molecule has 1 aliphatic heterocycles. The van der Waals surface area contributed by atoms with E-state index in [1.54, 1.807) is 7.11 Å². The molecule has 2 aromatic carbocycles. The Bertz CT molecular complexity index is 717. The number of nitrogens with one attached hydrogen (secondary N) is 2. The van der Waals surface area contributed by atoms with Crippen molar-refractivity contribution < 1.29 is 9.53 Å². The molecule has 1 saturated heterocycles. The molecule has 0 spiro atoms. The molecule has 1 atom stereocenters. The van der Waals surface area contributed by atoms with Crippen molar-refractivity contribution >= 4 is 16.8 Å². The Morgan fingerprint density at radius 2 is 2.17 bits per heavy atom. The predicted octanol–water partition coefficient (Wildman–Crippen LogP) is 2.39. The molecule has 2 N–H and O–H groups in total. The van der Waals surface area contributed by atoms with Gasteiger partial charge in [0.1, 0.15) is 5.75 Å². The molecule has 0 saturated carbocycles. The number of hydrogen-bond donors (Lipinski definition) is 2. The summed E-state index contributed by atoms with van der Waals surface area (Å²) in [5.74, 6) is 0.874. The number of urea groups is 1.